The van der Waals surface area contributed by atoms with E-state index in [9.17, 15) is 27.2 Å². The molecular weight excluding hydrogens is 706 g/mol. The molecule has 2 aromatic carbocycles. The third-order valence-corrected chi connectivity index (χ3v) is 12.4. The molecule has 2 saturated carbocycles. The van der Waals surface area contributed by atoms with Crippen molar-refractivity contribution in [2.75, 3.05) is 13.7 Å². The Hall–Kier alpha value is -5.05. The Morgan fingerprint density at radius 2 is 1.92 bits per heavy atom. The Bertz CT molecular complexity index is 2260. The largest absolute Gasteiger partial charge is 0.497 e. The van der Waals surface area contributed by atoms with Gasteiger partial charge in [-0.2, -0.15) is 4.98 Å². The van der Waals surface area contributed by atoms with Gasteiger partial charge in [0, 0.05) is 29.7 Å². The summed E-state index contributed by atoms with van der Waals surface area (Å²) < 4.78 is 60.2. The predicted molar refractivity (Wildman–Crippen MR) is 192 cm³/mol. The second-order valence-corrected chi connectivity index (χ2v) is 16.3. The highest BCUT2D eigenvalue weighted by Gasteiger charge is 2.62. The van der Waals surface area contributed by atoms with E-state index in [-0.39, 0.29) is 49.0 Å². The maximum absolute atomic E-state index is 14.4. The predicted octanol–water partition coefficient (Wildman–Crippen LogP) is 4.93. The minimum Gasteiger partial charge on any atom is -0.497 e. The summed E-state index contributed by atoms with van der Waals surface area (Å²) in [6, 6.07) is 10.2. The summed E-state index contributed by atoms with van der Waals surface area (Å²) >= 11 is 0. The van der Waals surface area contributed by atoms with Gasteiger partial charge in [0.25, 0.3) is 11.8 Å². The van der Waals surface area contributed by atoms with Crippen molar-refractivity contribution in [1.29, 1.82) is 0 Å². The lowest BCUT2D eigenvalue weighted by molar-refractivity contribution is -0.139. The van der Waals surface area contributed by atoms with Gasteiger partial charge in [-0.05, 0) is 68.9 Å². The van der Waals surface area contributed by atoms with Crippen LogP contribution in [-0.2, 0) is 24.4 Å². The van der Waals surface area contributed by atoms with E-state index in [2.05, 4.69) is 10.0 Å². The van der Waals surface area contributed by atoms with Gasteiger partial charge in [0.05, 0.1) is 18.9 Å². The summed E-state index contributed by atoms with van der Waals surface area (Å²) in [7, 11) is -2.32. The molecule has 2 N–H and O–H groups in total. The number of furan rings is 1. The molecule has 3 amide bonds. The maximum Gasteiger partial charge on any atom is 0.262 e. The van der Waals surface area contributed by atoms with Gasteiger partial charge in [0.15, 0.2) is 5.82 Å². The molecule has 0 spiro atoms. The summed E-state index contributed by atoms with van der Waals surface area (Å²) in [5.41, 5.74) is 0.0220. The molecule has 0 unspecified atom stereocenters. The van der Waals surface area contributed by atoms with Crippen molar-refractivity contribution in [3.8, 4) is 23.0 Å². The van der Waals surface area contributed by atoms with Crippen molar-refractivity contribution in [3.63, 3.8) is 0 Å². The highest BCUT2D eigenvalue weighted by atomic mass is 32.2. The number of methoxy groups -OCH3 is 1. The minimum atomic E-state index is -3.87. The van der Waals surface area contributed by atoms with Crippen LogP contribution in [0.5, 0.6) is 11.6 Å². The van der Waals surface area contributed by atoms with Gasteiger partial charge < -0.3 is 24.1 Å². The zero-order valence-corrected chi connectivity index (χ0v) is 30.0. The number of benzene rings is 2. The second-order valence-electron chi connectivity index (χ2n) is 14.4. The Morgan fingerprint density at radius 1 is 1.09 bits per heavy atom. The molecule has 1 saturated heterocycles. The molecule has 13 nitrogen and oxygen atoms in total. The monoisotopic (exact) mass is 745 g/mol. The van der Waals surface area contributed by atoms with E-state index in [1.54, 1.807) is 31.4 Å². The molecular formula is C38H40FN5O8S. The first-order valence-electron chi connectivity index (χ1n) is 18.1. The van der Waals surface area contributed by atoms with Gasteiger partial charge >= 0.3 is 0 Å². The zero-order chi connectivity index (χ0) is 36.9. The summed E-state index contributed by atoms with van der Waals surface area (Å²) in [6.07, 6.45) is 8.72. The Morgan fingerprint density at radius 3 is 2.74 bits per heavy atom. The third kappa shape index (κ3) is 6.94. The molecule has 3 fully saturated rings. The number of halogens is 1. The number of allylic oxidation sites excluding steroid dienone is 1. The number of carbonyl (C=O) groups is 3. The number of amides is 3. The Labute approximate surface area is 305 Å². The topological polar surface area (TPSA) is 170 Å². The first-order chi connectivity index (χ1) is 25.5. The van der Waals surface area contributed by atoms with E-state index in [1.165, 1.54) is 23.1 Å². The highest BCUT2D eigenvalue weighted by molar-refractivity contribution is 7.91. The van der Waals surface area contributed by atoms with Crippen LogP contribution in [0.15, 0.2) is 59.0 Å². The average Bonchev–Trinajstić information content (AvgIpc) is 4.04. The van der Waals surface area contributed by atoms with Crippen molar-refractivity contribution >= 4 is 49.8 Å². The Kier molecular flexibility index (Phi) is 9.07. The quantitative estimate of drug-likeness (QED) is 0.247. The van der Waals surface area contributed by atoms with Crippen molar-refractivity contribution in [1.82, 2.24) is 24.9 Å². The van der Waals surface area contributed by atoms with Crippen LogP contribution in [0.3, 0.4) is 0 Å². The molecule has 53 heavy (non-hydrogen) atoms. The number of nitrogens with zero attached hydrogens (tertiary/aromatic N) is 3. The van der Waals surface area contributed by atoms with E-state index in [0.717, 1.165) is 25.7 Å². The van der Waals surface area contributed by atoms with Gasteiger partial charge in [-0.15, -0.1) is 0 Å². The van der Waals surface area contributed by atoms with E-state index >= 15 is 0 Å². The SMILES string of the molecule is COc1cccc(-c2nc(O[C@@H]3C[C@H]4C(=O)N[C@]5(C(=O)NS(=O)(=O)C6CC6)C[C@H]5/C=C\CCCCCCC(=O)N4C3)c3oc4ccc(F)cc4c3n2)c1. The number of hydrogen-bond acceptors (Lipinski definition) is 10. The number of sulfonamides is 1. The minimum absolute atomic E-state index is 0.0460. The summed E-state index contributed by atoms with van der Waals surface area (Å²) in [5, 5.41) is 2.69. The standard InChI is InChI=1S/C38H40FN5O8S/c1-50-25-11-8-9-22(17-25)34-40-32-28-18-24(39)13-16-30(28)52-33(32)36(41-34)51-26-19-29-35(46)42-38(37(47)43-53(48,49)27-14-15-27)20-23(38)10-6-4-2-3-5-7-12-31(45)44(29)21-26/h6,8-11,13,16-18,23,26-27,29H,2-5,7,12,14-15,19-21H2,1H3,(H,42,46)(H,43,47)/b10-6-/t23-,26-,29+,38-/m1/s1. The zero-order valence-electron chi connectivity index (χ0n) is 29.2. The number of nitrogens with one attached hydrogen (secondary N) is 2. The van der Waals surface area contributed by atoms with Crippen LogP contribution in [0.2, 0.25) is 0 Å². The molecule has 4 atom stereocenters. The van der Waals surface area contributed by atoms with Crippen molar-refractivity contribution in [3.05, 3.63) is 60.4 Å². The first kappa shape index (κ1) is 35.0. The second kappa shape index (κ2) is 13.7. The normalized spacial score (nSPS) is 25.8. The Balaban J connectivity index is 1.12. The molecule has 2 aliphatic heterocycles. The van der Waals surface area contributed by atoms with Gasteiger partial charge in [0.2, 0.25) is 27.4 Å². The molecule has 0 bridgehead atoms. The molecule has 15 heteroatoms. The van der Waals surface area contributed by atoms with E-state index in [4.69, 9.17) is 23.9 Å². The summed E-state index contributed by atoms with van der Waals surface area (Å²) in [6.45, 7) is 0.0460. The molecule has 4 aromatic rings. The van der Waals surface area contributed by atoms with Gasteiger partial charge in [0.1, 0.15) is 40.4 Å². The number of hydrogen-bond donors (Lipinski definition) is 2. The summed E-state index contributed by atoms with van der Waals surface area (Å²) in [4.78, 5) is 52.5. The van der Waals surface area contributed by atoms with Crippen LogP contribution >= 0.6 is 0 Å². The molecule has 8 rings (SSSR count). The number of rotatable bonds is 7. The van der Waals surface area contributed by atoms with Crippen molar-refractivity contribution in [2.45, 2.75) is 87.1 Å². The molecule has 2 aliphatic carbocycles. The first-order valence-corrected chi connectivity index (χ1v) is 19.6. The van der Waals surface area contributed by atoms with E-state index in [0.29, 0.717) is 47.1 Å². The lowest BCUT2D eigenvalue weighted by Gasteiger charge is -2.26. The molecule has 278 valence electrons. The molecule has 2 aromatic heterocycles. The fraction of sp³-hybridized carbons (Fsp3) is 0.447. The third-order valence-electron chi connectivity index (χ3n) is 10.6. The van der Waals surface area contributed by atoms with E-state index in [1.807, 2.05) is 12.2 Å². The number of carbonyl (C=O) groups excluding carboxylic acids is 3. The van der Waals surface area contributed by atoms with Gasteiger partial charge in [-0.1, -0.05) is 37.1 Å². The average molecular weight is 746 g/mol. The summed E-state index contributed by atoms with van der Waals surface area (Å²) in [5.74, 6) is -1.54. The van der Waals surface area contributed by atoms with Crippen LogP contribution in [0.4, 0.5) is 4.39 Å². The van der Waals surface area contributed by atoms with Gasteiger partial charge in [-0.25, -0.2) is 17.8 Å². The van der Waals surface area contributed by atoms with E-state index < -0.39 is 56.5 Å². The molecule has 4 aliphatic rings. The fourth-order valence-corrected chi connectivity index (χ4v) is 8.75. The smallest absolute Gasteiger partial charge is 0.262 e. The van der Waals surface area contributed by atoms with Crippen molar-refractivity contribution < 1.29 is 41.1 Å². The highest BCUT2D eigenvalue weighted by Crippen LogP contribution is 2.46. The van der Waals surface area contributed by atoms with Crippen LogP contribution in [-0.4, -0.2) is 77.6 Å². The lowest BCUT2D eigenvalue weighted by atomic mass is 10.1. The number of ether oxygens (including phenoxy) is 2. The number of aromatic nitrogens is 2. The maximum atomic E-state index is 14.4. The van der Waals surface area contributed by atoms with Crippen LogP contribution in [0.1, 0.15) is 64.2 Å². The van der Waals surface area contributed by atoms with Crippen LogP contribution in [0, 0.1) is 11.7 Å². The lowest BCUT2D eigenvalue weighted by Crippen LogP contribution is -2.56. The van der Waals surface area contributed by atoms with Gasteiger partial charge in [-0.3, -0.25) is 19.1 Å². The molecule has 0 radical (unpaired) electrons. The van der Waals surface area contributed by atoms with Crippen LogP contribution < -0.4 is 19.5 Å². The molecule has 4 heterocycles. The fourth-order valence-electron chi connectivity index (χ4n) is 7.39. The number of fused-ring (bicyclic) bond motifs is 5. The van der Waals surface area contributed by atoms with Crippen molar-refractivity contribution in [2.24, 2.45) is 5.92 Å². The van der Waals surface area contributed by atoms with Crippen LogP contribution in [0.25, 0.3) is 33.5 Å².